The third-order valence-corrected chi connectivity index (χ3v) is 6.55. The number of esters is 1. The van der Waals surface area contributed by atoms with Gasteiger partial charge in [0.2, 0.25) is 5.91 Å². The third kappa shape index (κ3) is 3.88. The molecule has 166 valence electrons. The number of carbonyl (C=O) groups is 2. The molecule has 0 aromatic heterocycles. The van der Waals surface area contributed by atoms with Crippen LogP contribution in [0.1, 0.15) is 40.2 Å². The van der Waals surface area contributed by atoms with Gasteiger partial charge in [0.05, 0.1) is 12.7 Å². The first-order valence-corrected chi connectivity index (χ1v) is 10.0. The number of anilines is 1. The smallest absolute Gasteiger partial charge is 0.416 e. The van der Waals surface area contributed by atoms with Crippen molar-refractivity contribution in [3.8, 4) is 0 Å². The van der Waals surface area contributed by atoms with Gasteiger partial charge in [-0.05, 0) is 34.9 Å². The summed E-state index contributed by atoms with van der Waals surface area (Å²) >= 11 is 0. The van der Waals surface area contributed by atoms with Gasteiger partial charge in [-0.2, -0.15) is 13.2 Å². The van der Waals surface area contributed by atoms with Crippen LogP contribution in [-0.4, -0.2) is 42.5 Å². The van der Waals surface area contributed by atoms with E-state index in [-0.39, 0.29) is 28.8 Å². The Kier molecular flexibility index (Phi) is 5.36. The lowest BCUT2D eigenvalue weighted by molar-refractivity contribution is -0.154. The molecule has 1 heterocycles. The average molecular weight is 426 g/mol. The molecule has 0 bridgehead atoms. The Balaban J connectivity index is 1.88. The van der Waals surface area contributed by atoms with Crippen LogP contribution in [0.4, 0.5) is 18.9 Å². The van der Waals surface area contributed by atoms with Crippen LogP contribution in [-0.2, 0) is 20.5 Å². The van der Waals surface area contributed by atoms with Crippen molar-refractivity contribution in [1.29, 1.82) is 0 Å². The van der Waals surface area contributed by atoms with E-state index >= 15 is 0 Å². The van der Waals surface area contributed by atoms with Gasteiger partial charge in [0.25, 0.3) is 0 Å². The first-order valence-electron chi connectivity index (χ1n) is 10.0. The fraction of sp³-hybridized carbons (Fsp3) is 0.636. The lowest BCUT2D eigenvalue weighted by Gasteiger charge is -2.37. The summed E-state index contributed by atoms with van der Waals surface area (Å²) in [5.74, 6) is -0.519. The van der Waals surface area contributed by atoms with Gasteiger partial charge in [-0.15, -0.1) is 0 Å². The number of nitrogens with one attached hydrogen (secondary N) is 1. The molecule has 0 radical (unpaired) electrons. The number of likely N-dealkylation sites (tertiary alicyclic amines) is 1. The summed E-state index contributed by atoms with van der Waals surface area (Å²) in [7, 11) is 1.30. The van der Waals surface area contributed by atoms with E-state index in [0.717, 1.165) is 12.1 Å². The molecule has 0 spiro atoms. The Morgan fingerprint density at radius 1 is 1.23 bits per heavy atom. The number of rotatable bonds is 4. The number of halogens is 3. The molecule has 8 heteroatoms. The summed E-state index contributed by atoms with van der Waals surface area (Å²) in [5, 5.41) is 2.99. The molecule has 1 amide bonds. The van der Waals surface area contributed by atoms with E-state index in [2.05, 4.69) is 19.2 Å². The number of ether oxygens (including phenoxy) is 1. The summed E-state index contributed by atoms with van der Waals surface area (Å²) in [5.41, 5.74) is -1.23. The summed E-state index contributed by atoms with van der Waals surface area (Å²) in [4.78, 5) is 27.5. The van der Waals surface area contributed by atoms with Gasteiger partial charge in [0, 0.05) is 18.2 Å². The van der Waals surface area contributed by atoms with Gasteiger partial charge < -0.3 is 15.0 Å². The molecular formula is C22H29F3N2O3. The number of alkyl halides is 3. The van der Waals surface area contributed by atoms with Crippen molar-refractivity contribution < 1.29 is 27.5 Å². The van der Waals surface area contributed by atoms with Crippen LogP contribution in [0, 0.1) is 22.7 Å². The quantitative estimate of drug-likeness (QED) is 0.734. The van der Waals surface area contributed by atoms with E-state index in [1.54, 1.807) is 4.90 Å². The zero-order chi connectivity index (χ0) is 22.6. The normalized spacial score (nSPS) is 26.0. The Hall–Kier alpha value is -2.25. The van der Waals surface area contributed by atoms with Crippen molar-refractivity contribution in [2.75, 3.05) is 19.0 Å². The van der Waals surface area contributed by atoms with E-state index in [0.29, 0.717) is 6.54 Å². The predicted molar refractivity (Wildman–Crippen MR) is 107 cm³/mol. The molecule has 5 nitrogen and oxygen atoms in total. The topological polar surface area (TPSA) is 58.6 Å². The summed E-state index contributed by atoms with van der Waals surface area (Å²) in [6, 6.07) is 3.31. The van der Waals surface area contributed by atoms with Crippen LogP contribution in [0.15, 0.2) is 24.3 Å². The number of benzene rings is 1. The zero-order valence-electron chi connectivity index (χ0n) is 18.1. The molecule has 2 aliphatic rings. The lowest BCUT2D eigenvalue weighted by Crippen LogP contribution is -2.54. The lowest BCUT2D eigenvalue weighted by atomic mass is 9.85. The molecule has 1 N–H and O–H groups in total. The molecule has 1 aromatic carbocycles. The minimum absolute atomic E-state index is 0.0306. The van der Waals surface area contributed by atoms with E-state index in [1.807, 2.05) is 20.8 Å². The highest BCUT2D eigenvalue weighted by Crippen LogP contribution is 2.65. The SMILES string of the molecule is COC(=O)[C@@H]1[C@@H]2[C@H](CN1C(=O)[C@@H](Nc1cccc(C(F)(F)F)c1)C(C)(C)C)C2(C)C. The maximum Gasteiger partial charge on any atom is 0.416 e. The van der Waals surface area contributed by atoms with Gasteiger partial charge in [0.15, 0.2) is 0 Å². The standard InChI is InChI=1S/C22H29F3N2O3/c1-20(2,3)17(26-13-9-7-8-12(10-13)22(23,24)25)18(28)27-11-14-15(21(14,4)5)16(27)19(29)30-6/h7-10,14-17,26H,11H2,1-6H3/t14-,15-,16-,17+/m0/s1. The Labute approximate surface area is 175 Å². The van der Waals surface area contributed by atoms with Gasteiger partial charge in [0.1, 0.15) is 12.1 Å². The molecule has 1 aliphatic carbocycles. The molecule has 4 atom stereocenters. The van der Waals surface area contributed by atoms with E-state index in [9.17, 15) is 22.8 Å². The number of hydrogen-bond acceptors (Lipinski definition) is 4. The molecule has 1 saturated carbocycles. The highest BCUT2D eigenvalue weighted by atomic mass is 19.4. The minimum Gasteiger partial charge on any atom is -0.467 e. The zero-order valence-corrected chi connectivity index (χ0v) is 18.1. The third-order valence-electron chi connectivity index (χ3n) is 6.55. The molecule has 0 unspecified atom stereocenters. The summed E-state index contributed by atoms with van der Waals surface area (Å²) in [6.45, 7) is 10.1. The molecular weight excluding hydrogens is 397 g/mol. The first-order chi connectivity index (χ1) is 13.7. The molecule has 30 heavy (non-hydrogen) atoms. The van der Waals surface area contributed by atoms with E-state index < -0.39 is 35.2 Å². The van der Waals surface area contributed by atoms with E-state index in [4.69, 9.17) is 4.74 Å². The van der Waals surface area contributed by atoms with Crippen molar-refractivity contribution in [1.82, 2.24) is 4.90 Å². The van der Waals surface area contributed by atoms with Gasteiger partial charge in [-0.3, -0.25) is 4.79 Å². The van der Waals surface area contributed by atoms with Crippen LogP contribution in [0.3, 0.4) is 0 Å². The fourth-order valence-corrected chi connectivity index (χ4v) is 4.67. The minimum atomic E-state index is -4.48. The first kappa shape index (κ1) is 22.4. The average Bonchev–Trinajstić information content (AvgIpc) is 2.99. The maximum atomic E-state index is 13.5. The number of hydrogen-bond donors (Lipinski definition) is 1. The number of amides is 1. The van der Waals surface area contributed by atoms with E-state index in [1.165, 1.54) is 19.2 Å². The van der Waals surface area contributed by atoms with Crippen molar-refractivity contribution in [3.63, 3.8) is 0 Å². The van der Waals surface area contributed by atoms with Crippen LogP contribution in [0.5, 0.6) is 0 Å². The molecule has 2 fully saturated rings. The van der Waals surface area contributed by atoms with Gasteiger partial charge in [-0.1, -0.05) is 40.7 Å². The monoisotopic (exact) mass is 426 g/mol. The predicted octanol–water partition coefficient (Wildman–Crippen LogP) is 4.19. The van der Waals surface area contributed by atoms with Gasteiger partial charge >= 0.3 is 12.1 Å². The number of carbonyl (C=O) groups excluding carboxylic acids is 2. The second-order valence-electron chi connectivity index (χ2n) is 9.93. The Bertz CT molecular complexity index is 845. The number of piperidine rings is 1. The highest BCUT2D eigenvalue weighted by molar-refractivity contribution is 5.91. The van der Waals surface area contributed by atoms with Crippen molar-refractivity contribution >= 4 is 17.6 Å². The Morgan fingerprint density at radius 2 is 1.87 bits per heavy atom. The molecule has 1 aliphatic heterocycles. The fourth-order valence-electron chi connectivity index (χ4n) is 4.67. The largest absolute Gasteiger partial charge is 0.467 e. The van der Waals surface area contributed by atoms with Crippen LogP contribution in [0.2, 0.25) is 0 Å². The van der Waals surface area contributed by atoms with Crippen molar-refractivity contribution in [2.45, 2.75) is 52.9 Å². The summed E-state index contributed by atoms with van der Waals surface area (Å²) in [6.07, 6.45) is -4.48. The molecule has 1 saturated heterocycles. The number of fused-ring (bicyclic) bond motifs is 1. The van der Waals surface area contributed by atoms with Gasteiger partial charge in [-0.25, -0.2) is 4.79 Å². The van der Waals surface area contributed by atoms with Crippen LogP contribution >= 0.6 is 0 Å². The van der Waals surface area contributed by atoms with Crippen molar-refractivity contribution in [2.24, 2.45) is 22.7 Å². The maximum absolute atomic E-state index is 13.5. The highest BCUT2D eigenvalue weighted by Gasteiger charge is 2.70. The van der Waals surface area contributed by atoms with Crippen molar-refractivity contribution in [3.05, 3.63) is 29.8 Å². The molecule has 1 aromatic rings. The second kappa shape index (κ2) is 7.17. The second-order valence-corrected chi connectivity index (χ2v) is 9.93. The number of nitrogens with zero attached hydrogens (tertiary/aromatic N) is 1. The summed E-state index contributed by atoms with van der Waals surface area (Å²) < 4.78 is 44.2. The number of methoxy groups -OCH3 is 1. The van der Waals surface area contributed by atoms with Crippen LogP contribution in [0.25, 0.3) is 0 Å². The Morgan fingerprint density at radius 3 is 2.40 bits per heavy atom. The molecule has 3 rings (SSSR count). The van der Waals surface area contributed by atoms with Crippen LogP contribution < -0.4 is 5.32 Å².